The van der Waals surface area contributed by atoms with Gasteiger partial charge in [0.1, 0.15) is 11.8 Å². The number of hydrogen-bond acceptors (Lipinski definition) is 3. The van der Waals surface area contributed by atoms with Gasteiger partial charge in [0, 0.05) is 26.2 Å². The van der Waals surface area contributed by atoms with Crippen LogP contribution in [0.5, 0.6) is 5.75 Å². The van der Waals surface area contributed by atoms with Gasteiger partial charge >= 0.3 is 6.03 Å². The number of piperazine rings is 1. The molecule has 0 saturated carbocycles. The van der Waals surface area contributed by atoms with Crippen molar-refractivity contribution in [3.05, 3.63) is 65.2 Å². The molecule has 1 atom stereocenters. The normalized spacial score (nSPS) is 16.8. The maximum Gasteiger partial charge on any atom is 0.318 e. The summed E-state index contributed by atoms with van der Waals surface area (Å²) < 4.78 is 5.20. The molecule has 1 heterocycles. The van der Waals surface area contributed by atoms with Gasteiger partial charge in [-0.3, -0.25) is 4.79 Å². The number of urea groups is 1. The number of carbonyl (C=O) groups excluding carboxylic acids is 2. The highest BCUT2D eigenvalue weighted by Gasteiger charge is 2.34. The Balaban J connectivity index is 1.57. The standard InChI is InChI=1S/C22H27N3O3/c1-16-6-4-8-19(12-16)15-24-10-11-25(17(2)21(24)26)22(27)23-14-18-7-5-9-20(13-18)28-3/h4-9,12-13,17H,10-11,14-15H2,1-3H3,(H,23,27)/t17-/m0/s1. The topological polar surface area (TPSA) is 61.9 Å². The van der Waals surface area contributed by atoms with Crippen LogP contribution in [0.1, 0.15) is 23.6 Å². The van der Waals surface area contributed by atoms with Crippen molar-refractivity contribution in [2.75, 3.05) is 20.2 Å². The summed E-state index contributed by atoms with van der Waals surface area (Å²) in [5.74, 6) is 0.726. The number of nitrogens with zero attached hydrogens (tertiary/aromatic N) is 2. The highest BCUT2D eigenvalue weighted by atomic mass is 16.5. The zero-order valence-electron chi connectivity index (χ0n) is 16.6. The zero-order valence-corrected chi connectivity index (χ0v) is 16.6. The van der Waals surface area contributed by atoms with Crippen LogP contribution in [-0.4, -0.2) is 48.0 Å². The van der Waals surface area contributed by atoms with Crippen LogP contribution in [0, 0.1) is 6.92 Å². The molecule has 0 unspecified atom stereocenters. The zero-order chi connectivity index (χ0) is 20.1. The van der Waals surface area contributed by atoms with E-state index in [0.717, 1.165) is 16.9 Å². The van der Waals surface area contributed by atoms with Gasteiger partial charge in [-0.1, -0.05) is 42.0 Å². The fraction of sp³-hybridized carbons (Fsp3) is 0.364. The Bertz CT molecular complexity index is 852. The molecule has 6 nitrogen and oxygen atoms in total. The molecule has 1 saturated heterocycles. The van der Waals surface area contributed by atoms with Gasteiger partial charge in [0.15, 0.2) is 0 Å². The van der Waals surface area contributed by atoms with Gasteiger partial charge < -0.3 is 19.9 Å². The summed E-state index contributed by atoms with van der Waals surface area (Å²) in [5.41, 5.74) is 3.23. The largest absolute Gasteiger partial charge is 0.497 e. The predicted octanol–water partition coefficient (Wildman–Crippen LogP) is 2.95. The lowest BCUT2D eigenvalue weighted by Crippen LogP contribution is -2.59. The Hall–Kier alpha value is -3.02. The van der Waals surface area contributed by atoms with Crippen LogP contribution in [0.4, 0.5) is 4.79 Å². The average molecular weight is 381 g/mol. The number of rotatable bonds is 5. The Kier molecular flexibility index (Phi) is 6.19. The number of aryl methyl sites for hydroxylation is 1. The van der Waals surface area contributed by atoms with Crippen LogP contribution in [0.2, 0.25) is 0 Å². The summed E-state index contributed by atoms with van der Waals surface area (Å²) in [6.07, 6.45) is 0. The molecule has 6 heteroatoms. The van der Waals surface area contributed by atoms with E-state index in [-0.39, 0.29) is 11.9 Å². The van der Waals surface area contributed by atoms with Gasteiger partial charge in [0.05, 0.1) is 7.11 Å². The lowest BCUT2D eigenvalue weighted by atomic mass is 10.1. The molecule has 1 aliphatic heterocycles. The minimum Gasteiger partial charge on any atom is -0.497 e. The monoisotopic (exact) mass is 381 g/mol. The first-order chi connectivity index (χ1) is 13.5. The molecular weight excluding hydrogens is 354 g/mol. The van der Waals surface area contributed by atoms with E-state index in [0.29, 0.717) is 26.2 Å². The second kappa shape index (κ2) is 8.78. The molecule has 3 rings (SSSR count). The number of amides is 3. The van der Waals surface area contributed by atoms with Gasteiger partial charge in [0.2, 0.25) is 5.91 Å². The van der Waals surface area contributed by atoms with Crippen molar-refractivity contribution in [2.45, 2.75) is 33.0 Å². The molecular formula is C22H27N3O3. The second-order valence-electron chi connectivity index (χ2n) is 7.13. The van der Waals surface area contributed by atoms with E-state index >= 15 is 0 Å². The molecule has 2 aromatic carbocycles. The third-order valence-electron chi connectivity index (χ3n) is 5.04. The minimum atomic E-state index is -0.483. The van der Waals surface area contributed by atoms with Gasteiger partial charge in [-0.15, -0.1) is 0 Å². The van der Waals surface area contributed by atoms with E-state index in [4.69, 9.17) is 4.74 Å². The molecule has 0 radical (unpaired) electrons. The maximum atomic E-state index is 12.8. The molecule has 0 aliphatic carbocycles. The van der Waals surface area contributed by atoms with Crippen molar-refractivity contribution < 1.29 is 14.3 Å². The Labute approximate surface area is 166 Å². The SMILES string of the molecule is COc1cccc(CNC(=O)N2CCN(Cc3cccc(C)c3)C(=O)[C@@H]2C)c1. The van der Waals surface area contributed by atoms with Crippen molar-refractivity contribution in [1.82, 2.24) is 15.1 Å². The number of methoxy groups -OCH3 is 1. The molecule has 0 aromatic heterocycles. The average Bonchev–Trinajstić information content (AvgIpc) is 2.70. The number of benzene rings is 2. The summed E-state index contributed by atoms with van der Waals surface area (Å²) in [4.78, 5) is 28.8. The minimum absolute atomic E-state index is 0.0238. The third-order valence-corrected chi connectivity index (χ3v) is 5.04. The van der Waals surface area contributed by atoms with Crippen molar-refractivity contribution in [3.8, 4) is 5.75 Å². The number of carbonyl (C=O) groups is 2. The highest BCUT2D eigenvalue weighted by Crippen LogP contribution is 2.16. The molecule has 28 heavy (non-hydrogen) atoms. The van der Waals surface area contributed by atoms with Crippen molar-refractivity contribution in [1.29, 1.82) is 0 Å². The van der Waals surface area contributed by atoms with E-state index < -0.39 is 6.04 Å². The lowest BCUT2D eigenvalue weighted by molar-refractivity contribution is -0.139. The van der Waals surface area contributed by atoms with E-state index in [2.05, 4.69) is 11.4 Å². The Morgan fingerprint density at radius 3 is 2.64 bits per heavy atom. The van der Waals surface area contributed by atoms with Gasteiger partial charge in [-0.25, -0.2) is 4.79 Å². The summed E-state index contributed by atoms with van der Waals surface area (Å²) in [6.45, 7) is 5.84. The quantitative estimate of drug-likeness (QED) is 0.866. The van der Waals surface area contributed by atoms with Crippen LogP contribution in [0.25, 0.3) is 0 Å². The first kappa shape index (κ1) is 19.7. The fourth-order valence-electron chi connectivity index (χ4n) is 3.46. The molecule has 1 aliphatic rings. The molecule has 0 spiro atoms. The van der Waals surface area contributed by atoms with Crippen molar-refractivity contribution in [2.24, 2.45) is 0 Å². The molecule has 1 fully saturated rings. The van der Waals surface area contributed by atoms with Gasteiger partial charge in [-0.2, -0.15) is 0 Å². The first-order valence-electron chi connectivity index (χ1n) is 9.49. The van der Waals surface area contributed by atoms with E-state index in [1.807, 2.05) is 54.3 Å². The molecule has 1 N–H and O–H groups in total. The fourth-order valence-corrected chi connectivity index (χ4v) is 3.46. The molecule has 3 amide bonds. The number of hydrogen-bond donors (Lipinski definition) is 1. The van der Waals surface area contributed by atoms with Crippen LogP contribution < -0.4 is 10.1 Å². The summed E-state index contributed by atoms with van der Waals surface area (Å²) in [5, 5.41) is 2.90. The first-order valence-corrected chi connectivity index (χ1v) is 9.49. The molecule has 2 aromatic rings. The van der Waals surface area contributed by atoms with E-state index in [1.54, 1.807) is 18.9 Å². The Morgan fingerprint density at radius 2 is 1.89 bits per heavy atom. The number of nitrogens with one attached hydrogen (secondary N) is 1. The third kappa shape index (κ3) is 4.63. The predicted molar refractivity (Wildman–Crippen MR) is 108 cm³/mol. The van der Waals surface area contributed by atoms with Crippen LogP contribution >= 0.6 is 0 Å². The second-order valence-corrected chi connectivity index (χ2v) is 7.13. The van der Waals surface area contributed by atoms with Crippen LogP contribution in [0.3, 0.4) is 0 Å². The molecule has 0 bridgehead atoms. The van der Waals surface area contributed by atoms with Crippen molar-refractivity contribution in [3.63, 3.8) is 0 Å². The Morgan fingerprint density at radius 1 is 1.14 bits per heavy atom. The van der Waals surface area contributed by atoms with E-state index in [9.17, 15) is 9.59 Å². The lowest BCUT2D eigenvalue weighted by Gasteiger charge is -2.39. The molecule has 148 valence electrons. The number of ether oxygens (including phenoxy) is 1. The summed E-state index contributed by atoms with van der Waals surface area (Å²) >= 11 is 0. The summed E-state index contributed by atoms with van der Waals surface area (Å²) in [6, 6.07) is 15.0. The van der Waals surface area contributed by atoms with E-state index in [1.165, 1.54) is 5.56 Å². The van der Waals surface area contributed by atoms with Crippen LogP contribution in [0.15, 0.2) is 48.5 Å². The maximum absolute atomic E-state index is 12.8. The van der Waals surface area contributed by atoms with Crippen molar-refractivity contribution >= 4 is 11.9 Å². The smallest absolute Gasteiger partial charge is 0.318 e. The summed E-state index contributed by atoms with van der Waals surface area (Å²) in [7, 11) is 1.61. The van der Waals surface area contributed by atoms with Crippen LogP contribution in [-0.2, 0) is 17.9 Å². The van der Waals surface area contributed by atoms with Gasteiger partial charge in [0.25, 0.3) is 0 Å². The van der Waals surface area contributed by atoms with Gasteiger partial charge in [-0.05, 0) is 37.1 Å². The highest BCUT2D eigenvalue weighted by molar-refractivity contribution is 5.88.